The van der Waals surface area contributed by atoms with Crippen LogP contribution in [0.5, 0.6) is 0 Å². The fourth-order valence-corrected chi connectivity index (χ4v) is 4.61. The molecule has 0 saturated carbocycles. The third-order valence-corrected chi connectivity index (χ3v) is 6.25. The van der Waals surface area contributed by atoms with Crippen molar-refractivity contribution in [3.8, 4) is 34.4 Å². The Labute approximate surface area is 180 Å². The molecule has 0 N–H and O–H groups in total. The van der Waals surface area contributed by atoms with Crippen molar-refractivity contribution in [1.82, 2.24) is 24.3 Å². The summed E-state index contributed by atoms with van der Waals surface area (Å²) in [6.07, 6.45) is 9.64. The maximum atomic E-state index is 9.08. The highest BCUT2D eigenvalue weighted by molar-refractivity contribution is 5.72. The van der Waals surface area contributed by atoms with E-state index in [4.69, 9.17) is 10.2 Å². The molecule has 1 aromatic carbocycles. The molecule has 152 valence electrons. The Hall–Kier alpha value is -3.92. The fourth-order valence-electron chi connectivity index (χ4n) is 4.61. The molecule has 1 fully saturated rings. The van der Waals surface area contributed by atoms with E-state index in [-0.39, 0.29) is 0 Å². The zero-order chi connectivity index (χ0) is 20.8. The first kappa shape index (κ1) is 17.9. The molecule has 7 heteroatoms. The van der Waals surface area contributed by atoms with Crippen LogP contribution >= 0.6 is 0 Å². The first-order chi connectivity index (χ1) is 15.3. The largest absolute Gasteiger partial charge is 0.357 e. The molecular weight excluding hydrogens is 386 g/mol. The number of piperidine rings is 1. The highest BCUT2D eigenvalue weighted by Gasteiger charge is 2.23. The SMILES string of the molecule is N#Cc1ccc(-c2cc3n(c2)Cc2cc(N4CCCCC4)ncc2-n2cnnc2-3)cc1. The van der Waals surface area contributed by atoms with Gasteiger partial charge in [-0.1, -0.05) is 12.1 Å². The number of rotatable bonds is 2. The predicted octanol–water partition coefficient (Wildman–Crippen LogP) is 4.02. The number of nitrogens with zero attached hydrogens (tertiary/aromatic N) is 7. The van der Waals surface area contributed by atoms with Gasteiger partial charge in [-0.2, -0.15) is 5.26 Å². The van der Waals surface area contributed by atoms with Crippen molar-refractivity contribution >= 4 is 5.82 Å². The zero-order valence-corrected chi connectivity index (χ0v) is 17.1. The van der Waals surface area contributed by atoms with Gasteiger partial charge in [-0.05, 0) is 49.1 Å². The molecule has 2 aliphatic heterocycles. The number of aromatic nitrogens is 5. The number of nitriles is 1. The molecular formula is C24H21N7. The van der Waals surface area contributed by atoms with E-state index in [1.165, 1.54) is 24.8 Å². The summed E-state index contributed by atoms with van der Waals surface area (Å²) in [5, 5.41) is 17.7. The lowest BCUT2D eigenvalue weighted by Gasteiger charge is -2.28. The monoisotopic (exact) mass is 407 g/mol. The minimum absolute atomic E-state index is 0.663. The van der Waals surface area contributed by atoms with Gasteiger partial charge in [0.05, 0.1) is 29.2 Å². The molecule has 6 rings (SSSR count). The van der Waals surface area contributed by atoms with E-state index in [1.807, 2.05) is 35.0 Å². The molecule has 7 nitrogen and oxygen atoms in total. The van der Waals surface area contributed by atoms with Gasteiger partial charge in [0.1, 0.15) is 12.1 Å². The summed E-state index contributed by atoms with van der Waals surface area (Å²) < 4.78 is 4.27. The van der Waals surface area contributed by atoms with Crippen molar-refractivity contribution in [2.75, 3.05) is 18.0 Å². The van der Waals surface area contributed by atoms with Crippen LogP contribution in [0.25, 0.3) is 28.3 Å². The Morgan fingerprint density at radius 1 is 0.968 bits per heavy atom. The van der Waals surface area contributed by atoms with Crippen molar-refractivity contribution in [3.05, 3.63) is 66.2 Å². The molecule has 31 heavy (non-hydrogen) atoms. The van der Waals surface area contributed by atoms with E-state index >= 15 is 0 Å². The Kier molecular flexibility index (Phi) is 4.10. The number of fused-ring (bicyclic) bond motifs is 5. The van der Waals surface area contributed by atoms with Crippen LogP contribution in [0.1, 0.15) is 30.4 Å². The predicted molar refractivity (Wildman–Crippen MR) is 118 cm³/mol. The number of hydrogen-bond acceptors (Lipinski definition) is 5. The third-order valence-electron chi connectivity index (χ3n) is 6.25. The van der Waals surface area contributed by atoms with Gasteiger partial charge in [0, 0.05) is 37.0 Å². The lowest BCUT2D eigenvalue weighted by molar-refractivity contribution is 0.573. The zero-order valence-electron chi connectivity index (χ0n) is 17.1. The summed E-state index contributed by atoms with van der Waals surface area (Å²) in [5.41, 5.74) is 6.10. The Bertz CT molecular complexity index is 1300. The third kappa shape index (κ3) is 2.99. The minimum Gasteiger partial charge on any atom is -0.357 e. The summed E-state index contributed by atoms with van der Waals surface area (Å²) in [6, 6.07) is 14.2. The first-order valence-corrected chi connectivity index (χ1v) is 10.7. The van der Waals surface area contributed by atoms with Gasteiger partial charge in [0.2, 0.25) is 0 Å². The molecule has 3 aromatic heterocycles. The summed E-state index contributed by atoms with van der Waals surface area (Å²) in [4.78, 5) is 7.17. The Morgan fingerprint density at radius 3 is 2.61 bits per heavy atom. The maximum absolute atomic E-state index is 9.08. The first-order valence-electron chi connectivity index (χ1n) is 10.7. The lowest BCUT2D eigenvalue weighted by atomic mass is 10.1. The summed E-state index contributed by atoms with van der Waals surface area (Å²) in [5.74, 6) is 1.86. The number of pyridine rings is 1. The van der Waals surface area contributed by atoms with E-state index in [0.717, 1.165) is 53.8 Å². The molecule has 0 unspecified atom stereocenters. The van der Waals surface area contributed by atoms with Gasteiger partial charge in [-0.25, -0.2) is 4.98 Å². The molecule has 1 saturated heterocycles. The van der Waals surface area contributed by atoms with Crippen LogP contribution in [0.2, 0.25) is 0 Å². The van der Waals surface area contributed by atoms with Crippen molar-refractivity contribution in [2.45, 2.75) is 25.8 Å². The van der Waals surface area contributed by atoms with Crippen molar-refractivity contribution in [2.24, 2.45) is 0 Å². The molecule has 0 bridgehead atoms. The van der Waals surface area contributed by atoms with Crippen LogP contribution in [0.4, 0.5) is 5.82 Å². The number of benzene rings is 1. The summed E-state index contributed by atoms with van der Waals surface area (Å²) in [6.45, 7) is 2.89. The molecule has 0 atom stereocenters. The molecule has 4 aromatic rings. The molecule has 0 aliphatic carbocycles. The van der Waals surface area contributed by atoms with Crippen molar-refractivity contribution < 1.29 is 0 Å². The van der Waals surface area contributed by atoms with Gasteiger partial charge in [-0.15, -0.1) is 10.2 Å². The second kappa shape index (κ2) is 7.10. The topological polar surface area (TPSA) is 75.6 Å². The summed E-state index contributed by atoms with van der Waals surface area (Å²) >= 11 is 0. The van der Waals surface area contributed by atoms with Crippen LogP contribution in [0.3, 0.4) is 0 Å². The molecule has 0 spiro atoms. The van der Waals surface area contributed by atoms with E-state index < -0.39 is 0 Å². The maximum Gasteiger partial charge on any atom is 0.185 e. The van der Waals surface area contributed by atoms with Crippen LogP contribution < -0.4 is 4.90 Å². The molecule has 5 heterocycles. The molecule has 0 radical (unpaired) electrons. The second-order valence-electron chi connectivity index (χ2n) is 8.17. The smallest absolute Gasteiger partial charge is 0.185 e. The minimum atomic E-state index is 0.663. The molecule has 2 aliphatic rings. The van der Waals surface area contributed by atoms with Gasteiger partial charge in [0.25, 0.3) is 0 Å². The van der Waals surface area contributed by atoms with Gasteiger partial charge >= 0.3 is 0 Å². The van der Waals surface area contributed by atoms with Crippen LogP contribution in [-0.4, -0.2) is 37.4 Å². The van der Waals surface area contributed by atoms with E-state index in [9.17, 15) is 0 Å². The van der Waals surface area contributed by atoms with Crippen LogP contribution in [0, 0.1) is 11.3 Å². The number of hydrogen-bond donors (Lipinski definition) is 0. The highest BCUT2D eigenvalue weighted by Crippen LogP contribution is 2.34. The van der Waals surface area contributed by atoms with Crippen molar-refractivity contribution in [3.63, 3.8) is 0 Å². The van der Waals surface area contributed by atoms with Gasteiger partial charge in [-0.3, -0.25) is 4.57 Å². The normalized spacial score (nSPS) is 14.9. The Balaban J connectivity index is 1.44. The van der Waals surface area contributed by atoms with Crippen LogP contribution in [0.15, 0.2) is 55.1 Å². The second-order valence-corrected chi connectivity index (χ2v) is 8.17. The Morgan fingerprint density at radius 2 is 1.81 bits per heavy atom. The van der Waals surface area contributed by atoms with Gasteiger partial charge in [0.15, 0.2) is 5.82 Å². The molecule has 0 amide bonds. The van der Waals surface area contributed by atoms with Crippen molar-refractivity contribution in [1.29, 1.82) is 5.26 Å². The van der Waals surface area contributed by atoms with E-state index in [1.54, 1.807) is 6.33 Å². The van der Waals surface area contributed by atoms with Crippen LogP contribution in [-0.2, 0) is 6.54 Å². The lowest BCUT2D eigenvalue weighted by Crippen LogP contribution is -2.30. The van der Waals surface area contributed by atoms with E-state index in [0.29, 0.717) is 5.56 Å². The quantitative estimate of drug-likeness (QED) is 0.442. The highest BCUT2D eigenvalue weighted by atomic mass is 15.3. The van der Waals surface area contributed by atoms with Gasteiger partial charge < -0.3 is 9.47 Å². The average molecular weight is 407 g/mol. The summed E-state index contributed by atoms with van der Waals surface area (Å²) in [7, 11) is 0. The average Bonchev–Trinajstić information content (AvgIpc) is 3.45. The fraction of sp³-hybridized carbons (Fsp3) is 0.250. The standard InChI is InChI=1S/C24H21N7/c25-12-17-4-6-18(7-5-17)19-10-21-24-28-27-16-31(24)22-13-26-23(29-8-2-1-3-9-29)11-20(22)15-30(21)14-19/h4-7,10-11,13-14,16H,1-3,8-9,15H2. The number of anilines is 1. The van der Waals surface area contributed by atoms with E-state index in [2.05, 4.69) is 44.1 Å².